The Balaban J connectivity index is 1.99. The molecule has 0 unspecified atom stereocenters. The number of hydrogen-bond acceptors (Lipinski definition) is 2. The van der Waals surface area contributed by atoms with Crippen LogP contribution < -0.4 is 0 Å². The molecule has 4 heteroatoms. The van der Waals surface area contributed by atoms with E-state index in [0.717, 1.165) is 12.1 Å². The van der Waals surface area contributed by atoms with Crippen molar-refractivity contribution in [2.75, 3.05) is 27.2 Å². The molecule has 2 aromatic rings. The highest BCUT2D eigenvalue weighted by Gasteiger charge is 2.15. The molecule has 24 heavy (non-hydrogen) atoms. The number of nitrogens with zero attached hydrogens (tertiary/aromatic N) is 2. The zero-order chi connectivity index (χ0) is 17.4. The lowest BCUT2D eigenvalue weighted by Crippen LogP contribution is -2.36. The van der Waals surface area contributed by atoms with E-state index in [4.69, 9.17) is 0 Å². The number of aryl methyl sites for hydroxylation is 1. The predicted molar refractivity (Wildman–Crippen MR) is 95.1 cm³/mol. The van der Waals surface area contributed by atoms with E-state index in [2.05, 4.69) is 4.90 Å². The first-order valence-electron chi connectivity index (χ1n) is 8.26. The SMILES string of the molecule is CN(C)CCN(Cc1ccccc1)C(=O)CCc1ccccc1F. The number of rotatable bonds is 8. The van der Waals surface area contributed by atoms with E-state index in [-0.39, 0.29) is 11.7 Å². The van der Waals surface area contributed by atoms with Crippen LogP contribution in [0.15, 0.2) is 54.6 Å². The summed E-state index contributed by atoms with van der Waals surface area (Å²) >= 11 is 0. The summed E-state index contributed by atoms with van der Waals surface area (Å²) in [5.41, 5.74) is 1.70. The number of carbonyl (C=O) groups excluding carboxylic acids is 1. The van der Waals surface area contributed by atoms with Crippen LogP contribution in [0.5, 0.6) is 0 Å². The van der Waals surface area contributed by atoms with Crippen molar-refractivity contribution in [3.8, 4) is 0 Å². The monoisotopic (exact) mass is 328 g/mol. The third-order valence-electron chi connectivity index (χ3n) is 3.95. The number of benzene rings is 2. The van der Waals surface area contributed by atoms with Crippen molar-refractivity contribution < 1.29 is 9.18 Å². The van der Waals surface area contributed by atoms with Crippen LogP contribution in [0.25, 0.3) is 0 Å². The summed E-state index contributed by atoms with van der Waals surface area (Å²) in [5.74, 6) is -0.183. The fraction of sp³-hybridized carbons (Fsp3) is 0.350. The van der Waals surface area contributed by atoms with E-state index in [0.29, 0.717) is 31.5 Å². The summed E-state index contributed by atoms with van der Waals surface area (Å²) in [7, 11) is 3.98. The van der Waals surface area contributed by atoms with Gasteiger partial charge in [-0.3, -0.25) is 4.79 Å². The normalized spacial score (nSPS) is 10.8. The molecule has 0 aromatic heterocycles. The summed E-state index contributed by atoms with van der Waals surface area (Å²) in [4.78, 5) is 16.5. The van der Waals surface area contributed by atoms with Crippen LogP contribution >= 0.6 is 0 Å². The summed E-state index contributed by atoms with van der Waals surface area (Å²) < 4.78 is 13.7. The van der Waals surface area contributed by atoms with Crippen LogP contribution in [0.4, 0.5) is 4.39 Å². The topological polar surface area (TPSA) is 23.6 Å². The van der Waals surface area contributed by atoms with Crippen LogP contribution in [-0.4, -0.2) is 42.9 Å². The highest BCUT2D eigenvalue weighted by Crippen LogP contribution is 2.12. The van der Waals surface area contributed by atoms with Gasteiger partial charge in [-0.2, -0.15) is 0 Å². The first-order valence-corrected chi connectivity index (χ1v) is 8.26. The van der Waals surface area contributed by atoms with Crippen LogP contribution in [0.2, 0.25) is 0 Å². The van der Waals surface area contributed by atoms with Crippen molar-refractivity contribution >= 4 is 5.91 Å². The van der Waals surface area contributed by atoms with Gasteiger partial charge in [0.25, 0.3) is 0 Å². The van der Waals surface area contributed by atoms with Gasteiger partial charge in [0.15, 0.2) is 0 Å². The van der Waals surface area contributed by atoms with Gasteiger partial charge in [-0.05, 0) is 37.7 Å². The third kappa shape index (κ3) is 5.78. The van der Waals surface area contributed by atoms with Crippen LogP contribution in [0, 0.1) is 5.82 Å². The lowest BCUT2D eigenvalue weighted by molar-refractivity contribution is -0.132. The quantitative estimate of drug-likeness (QED) is 0.742. The average molecular weight is 328 g/mol. The molecule has 0 bridgehead atoms. The van der Waals surface area contributed by atoms with Crippen LogP contribution in [0.1, 0.15) is 17.5 Å². The second-order valence-electron chi connectivity index (χ2n) is 6.20. The predicted octanol–water partition coefficient (Wildman–Crippen LogP) is 3.35. The van der Waals surface area contributed by atoms with E-state index in [1.54, 1.807) is 18.2 Å². The van der Waals surface area contributed by atoms with E-state index in [1.165, 1.54) is 6.07 Å². The van der Waals surface area contributed by atoms with Crippen molar-refractivity contribution in [3.05, 3.63) is 71.5 Å². The summed E-state index contributed by atoms with van der Waals surface area (Å²) in [6.07, 6.45) is 0.750. The minimum Gasteiger partial charge on any atom is -0.337 e. The first kappa shape index (κ1) is 18.1. The van der Waals surface area contributed by atoms with Crippen LogP contribution in [0.3, 0.4) is 0 Å². The minimum atomic E-state index is -0.242. The van der Waals surface area contributed by atoms with E-state index in [1.807, 2.05) is 49.3 Å². The zero-order valence-electron chi connectivity index (χ0n) is 14.4. The maximum absolute atomic E-state index is 13.7. The molecule has 0 saturated heterocycles. The minimum absolute atomic E-state index is 0.0592. The molecule has 128 valence electrons. The van der Waals surface area contributed by atoms with Gasteiger partial charge in [0.2, 0.25) is 5.91 Å². The standard InChI is InChI=1S/C20H25FN2O/c1-22(2)14-15-23(16-17-8-4-3-5-9-17)20(24)13-12-18-10-6-7-11-19(18)21/h3-11H,12-16H2,1-2H3. The van der Waals surface area contributed by atoms with Crippen molar-refractivity contribution in [2.45, 2.75) is 19.4 Å². The van der Waals surface area contributed by atoms with Crippen molar-refractivity contribution in [3.63, 3.8) is 0 Å². The maximum Gasteiger partial charge on any atom is 0.223 e. The molecule has 0 heterocycles. The molecule has 3 nitrogen and oxygen atoms in total. The van der Waals surface area contributed by atoms with Gasteiger partial charge >= 0.3 is 0 Å². The molecule has 0 spiro atoms. The lowest BCUT2D eigenvalue weighted by Gasteiger charge is -2.25. The van der Waals surface area contributed by atoms with E-state index < -0.39 is 0 Å². The second kappa shape index (κ2) is 9.18. The lowest BCUT2D eigenvalue weighted by atomic mass is 10.1. The number of hydrogen-bond donors (Lipinski definition) is 0. The summed E-state index contributed by atoms with van der Waals surface area (Å²) in [5, 5.41) is 0. The van der Waals surface area contributed by atoms with E-state index in [9.17, 15) is 9.18 Å². The number of halogens is 1. The van der Waals surface area contributed by atoms with Crippen molar-refractivity contribution in [2.24, 2.45) is 0 Å². The largest absolute Gasteiger partial charge is 0.337 e. The van der Waals surface area contributed by atoms with Crippen LogP contribution in [-0.2, 0) is 17.8 Å². The highest BCUT2D eigenvalue weighted by molar-refractivity contribution is 5.76. The molecule has 0 aliphatic carbocycles. The Hall–Kier alpha value is -2.20. The molecule has 2 rings (SSSR count). The molecule has 0 atom stereocenters. The van der Waals surface area contributed by atoms with Gasteiger partial charge in [-0.1, -0.05) is 48.5 Å². The van der Waals surface area contributed by atoms with Crippen molar-refractivity contribution in [1.82, 2.24) is 9.80 Å². The zero-order valence-corrected chi connectivity index (χ0v) is 14.4. The molecule has 1 amide bonds. The fourth-order valence-electron chi connectivity index (χ4n) is 2.52. The average Bonchev–Trinajstić information content (AvgIpc) is 2.58. The molecule has 0 radical (unpaired) electrons. The fourth-order valence-corrected chi connectivity index (χ4v) is 2.52. The smallest absolute Gasteiger partial charge is 0.223 e. The number of amides is 1. The highest BCUT2D eigenvalue weighted by atomic mass is 19.1. The number of carbonyl (C=O) groups is 1. The Morgan fingerprint density at radius 1 is 0.958 bits per heavy atom. The van der Waals surface area contributed by atoms with Gasteiger partial charge in [0, 0.05) is 26.1 Å². The van der Waals surface area contributed by atoms with Gasteiger partial charge in [0.1, 0.15) is 5.82 Å². The molecule has 0 aliphatic heterocycles. The third-order valence-corrected chi connectivity index (χ3v) is 3.95. The Morgan fingerprint density at radius 2 is 1.62 bits per heavy atom. The Morgan fingerprint density at radius 3 is 2.29 bits per heavy atom. The molecule has 0 N–H and O–H groups in total. The van der Waals surface area contributed by atoms with E-state index >= 15 is 0 Å². The molecule has 0 saturated carbocycles. The Labute approximate surface area is 143 Å². The molecule has 2 aromatic carbocycles. The molecule has 0 fully saturated rings. The Bertz CT molecular complexity index is 643. The molecule has 0 aliphatic rings. The molecular weight excluding hydrogens is 303 g/mol. The first-order chi connectivity index (χ1) is 11.6. The second-order valence-corrected chi connectivity index (χ2v) is 6.20. The maximum atomic E-state index is 13.7. The summed E-state index contributed by atoms with van der Waals surface area (Å²) in [6, 6.07) is 16.6. The Kier molecular flexibility index (Phi) is 6.94. The van der Waals surface area contributed by atoms with Gasteiger partial charge < -0.3 is 9.80 Å². The summed E-state index contributed by atoms with van der Waals surface area (Å²) in [6.45, 7) is 2.06. The van der Waals surface area contributed by atoms with Gasteiger partial charge in [-0.25, -0.2) is 4.39 Å². The van der Waals surface area contributed by atoms with Gasteiger partial charge in [0.05, 0.1) is 0 Å². The van der Waals surface area contributed by atoms with Crippen molar-refractivity contribution in [1.29, 1.82) is 0 Å². The number of likely N-dealkylation sites (N-methyl/N-ethyl adjacent to an activating group) is 1. The van der Waals surface area contributed by atoms with Gasteiger partial charge in [-0.15, -0.1) is 0 Å². The molecular formula is C20H25FN2O.